The molecule has 1 fully saturated rings. The molecule has 41 heavy (non-hydrogen) atoms. The second kappa shape index (κ2) is 9.88. The molecule has 3 N–H and O–H groups in total. The van der Waals surface area contributed by atoms with Crippen LogP contribution in [0.5, 0.6) is 0 Å². The number of aromatic nitrogens is 2. The molecular weight excluding hydrogens is 533 g/mol. The van der Waals surface area contributed by atoms with Crippen LogP contribution in [-0.4, -0.2) is 21.8 Å². The molecule has 6 rings (SSSR count). The summed E-state index contributed by atoms with van der Waals surface area (Å²) in [4.78, 5) is 33.6. The summed E-state index contributed by atoms with van der Waals surface area (Å²) in [7, 11) is 0. The van der Waals surface area contributed by atoms with Crippen molar-refractivity contribution in [2.75, 3.05) is 0 Å². The number of rotatable bonds is 7. The van der Waals surface area contributed by atoms with Crippen molar-refractivity contribution in [3.63, 3.8) is 0 Å². The van der Waals surface area contributed by atoms with E-state index in [1.54, 1.807) is 30.3 Å². The Bertz CT molecular complexity index is 1830. The quantitative estimate of drug-likeness (QED) is 0.266. The summed E-state index contributed by atoms with van der Waals surface area (Å²) in [5.41, 5.74) is 7.42. The van der Waals surface area contributed by atoms with Crippen molar-refractivity contribution in [3.8, 4) is 11.3 Å². The first-order chi connectivity index (χ1) is 19.6. The first kappa shape index (κ1) is 26.2. The number of amides is 2. The first-order valence-electron chi connectivity index (χ1n) is 12.8. The van der Waals surface area contributed by atoms with Gasteiger partial charge in [-0.1, -0.05) is 12.1 Å². The molecule has 0 bridgehead atoms. The Morgan fingerprint density at radius 2 is 1.66 bits per heavy atom. The van der Waals surface area contributed by atoms with Gasteiger partial charge in [-0.25, -0.2) is 23.1 Å². The molecule has 0 radical (unpaired) electrons. The van der Waals surface area contributed by atoms with E-state index in [1.165, 1.54) is 24.3 Å². The molecule has 0 atom stereocenters. The zero-order valence-corrected chi connectivity index (χ0v) is 21.8. The van der Waals surface area contributed by atoms with Gasteiger partial charge in [0.25, 0.3) is 11.8 Å². The van der Waals surface area contributed by atoms with E-state index in [4.69, 9.17) is 10.2 Å². The van der Waals surface area contributed by atoms with Gasteiger partial charge < -0.3 is 15.5 Å². The van der Waals surface area contributed by atoms with Crippen molar-refractivity contribution < 1.29 is 27.2 Å². The van der Waals surface area contributed by atoms with E-state index in [-0.39, 0.29) is 40.2 Å². The van der Waals surface area contributed by atoms with Gasteiger partial charge in [-0.3, -0.25) is 9.59 Å². The zero-order chi connectivity index (χ0) is 28.9. The molecular formula is C31H23F3N4O3. The van der Waals surface area contributed by atoms with E-state index in [9.17, 15) is 18.4 Å². The van der Waals surface area contributed by atoms with E-state index in [1.807, 2.05) is 6.92 Å². The lowest BCUT2D eigenvalue weighted by atomic mass is 9.95. The number of carbonyl (C=O) groups excluding carboxylic acids is 2. The number of hydrogen-bond donors (Lipinski definition) is 2. The van der Waals surface area contributed by atoms with Crippen LogP contribution < -0.4 is 11.1 Å². The number of fused-ring (bicyclic) bond motifs is 1. The van der Waals surface area contributed by atoms with E-state index < -0.39 is 28.9 Å². The topological polar surface area (TPSA) is 111 Å². The third-order valence-electron chi connectivity index (χ3n) is 7.37. The number of hydrogen-bond acceptors (Lipinski definition) is 5. The predicted molar refractivity (Wildman–Crippen MR) is 144 cm³/mol. The van der Waals surface area contributed by atoms with Crippen molar-refractivity contribution in [2.45, 2.75) is 31.7 Å². The minimum absolute atomic E-state index is 0.0533. The summed E-state index contributed by atoms with van der Waals surface area (Å²) in [6, 6.07) is 13.5. The lowest BCUT2D eigenvalue weighted by Gasteiger charge is -2.17. The van der Waals surface area contributed by atoms with E-state index >= 15 is 4.39 Å². The highest BCUT2D eigenvalue weighted by molar-refractivity contribution is 6.10. The Labute approximate surface area is 232 Å². The van der Waals surface area contributed by atoms with Crippen LogP contribution in [0.3, 0.4) is 0 Å². The normalized spacial score (nSPS) is 13.8. The first-order valence-corrected chi connectivity index (χ1v) is 12.8. The van der Waals surface area contributed by atoms with Crippen molar-refractivity contribution in [3.05, 3.63) is 118 Å². The van der Waals surface area contributed by atoms with Crippen molar-refractivity contribution >= 4 is 22.8 Å². The molecule has 0 spiro atoms. The van der Waals surface area contributed by atoms with Gasteiger partial charge in [0, 0.05) is 17.5 Å². The van der Waals surface area contributed by atoms with E-state index in [0.29, 0.717) is 35.4 Å². The maximum absolute atomic E-state index is 16.0. The molecule has 0 aliphatic heterocycles. The van der Waals surface area contributed by atoms with Crippen molar-refractivity contribution in [1.29, 1.82) is 0 Å². The number of primary amides is 1. The number of nitrogens with two attached hydrogens (primary N) is 1. The largest absolute Gasteiger partial charge is 0.455 e. The Morgan fingerprint density at radius 1 is 0.951 bits per heavy atom. The summed E-state index contributed by atoms with van der Waals surface area (Å²) in [5, 5.41) is 2.90. The van der Waals surface area contributed by atoms with Gasteiger partial charge in [0.05, 0.1) is 23.3 Å². The smallest absolute Gasteiger partial charge is 0.253 e. The molecule has 1 aliphatic rings. The van der Waals surface area contributed by atoms with E-state index in [2.05, 4.69) is 15.3 Å². The molecule has 7 nitrogen and oxygen atoms in total. The molecule has 0 saturated heterocycles. The maximum atomic E-state index is 16.0. The average Bonchev–Trinajstić information content (AvgIpc) is 3.61. The monoisotopic (exact) mass is 556 g/mol. The number of furan rings is 1. The van der Waals surface area contributed by atoms with Crippen LogP contribution in [0.25, 0.3) is 22.3 Å². The number of halogens is 3. The number of carbonyl (C=O) groups is 2. The van der Waals surface area contributed by atoms with Crippen molar-refractivity contribution in [1.82, 2.24) is 15.3 Å². The van der Waals surface area contributed by atoms with Crippen LogP contribution in [0.15, 0.2) is 71.4 Å². The molecule has 206 valence electrons. The molecule has 1 saturated carbocycles. The molecule has 10 heteroatoms. The summed E-state index contributed by atoms with van der Waals surface area (Å²) in [6.45, 7) is 1.85. The van der Waals surface area contributed by atoms with Gasteiger partial charge in [-0.05, 0) is 78.9 Å². The Morgan fingerprint density at radius 3 is 2.32 bits per heavy atom. The Balaban J connectivity index is 1.32. The highest BCUT2D eigenvalue weighted by Crippen LogP contribution is 2.44. The number of benzene rings is 3. The lowest BCUT2D eigenvalue weighted by molar-refractivity contribution is 0.0927. The highest BCUT2D eigenvalue weighted by Gasteiger charge is 2.48. The second-order valence-corrected chi connectivity index (χ2v) is 10.2. The van der Waals surface area contributed by atoms with Gasteiger partial charge in [0.2, 0.25) is 0 Å². The molecule has 3 aromatic carbocycles. The maximum Gasteiger partial charge on any atom is 0.253 e. The summed E-state index contributed by atoms with van der Waals surface area (Å²) in [5.74, 6) is -2.54. The Hall–Kier alpha value is -4.99. The van der Waals surface area contributed by atoms with Gasteiger partial charge in [0.1, 0.15) is 28.5 Å². The Kier molecular flexibility index (Phi) is 6.33. The molecule has 2 heterocycles. The van der Waals surface area contributed by atoms with Crippen LogP contribution >= 0.6 is 0 Å². The zero-order valence-electron chi connectivity index (χ0n) is 21.8. The van der Waals surface area contributed by atoms with Crippen LogP contribution in [0.2, 0.25) is 0 Å². The standard InChI is InChI=1S/C31H23F3N4O3/c1-16-2-3-19(29(40)38-31(10-11-31)30-36-14-22(33)15-37-30)13-20(16)12-18-6-9-23-24(26(18)34)25(28(35)39)27(41-23)17-4-7-21(32)8-5-17/h2-9,13-15H,10-12H2,1H3,(H2,35,39)(H,38,40). The number of nitrogens with one attached hydrogen (secondary N) is 1. The third kappa shape index (κ3) is 4.82. The molecule has 2 amide bonds. The fourth-order valence-electron chi connectivity index (χ4n) is 4.96. The summed E-state index contributed by atoms with van der Waals surface area (Å²) < 4.78 is 48.5. The van der Waals surface area contributed by atoms with Crippen LogP contribution in [0.1, 0.15) is 56.1 Å². The van der Waals surface area contributed by atoms with Crippen LogP contribution in [-0.2, 0) is 12.0 Å². The van der Waals surface area contributed by atoms with Crippen molar-refractivity contribution in [2.24, 2.45) is 5.73 Å². The summed E-state index contributed by atoms with van der Waals surface area (Å²) >= 11 is 0. The van der Waals surface area contributed by atoms with Crippen LogP contribution in [0.4, 0.5) is 13.2 Å². The van der Waals surface area contributed by atoms with Crippen LogP contribution in [0, 0.1) is 24.4 Å². The fraction of sp³-hybridized carbons (Fsp3) is 0.161. The summed E-state index contributed by atoms with van der Waals surface area (Å²) in [6.07, 6.45) is 3.50. The number of aryl methyl sites for hydroxylation is 1. The SMILES string of the molecule is Cc1ccc(C(=O)NC2(c3ncc(F)cn3)CC2)cc1Cc1ccc2oc(-c3ccc(F)cc3)c(C(N)=O)c2c1F. The van der Waals surface area contributed by atoms with E-state index in [0.717, 1.165) is 18.0 Å². The minimum atomic E-state index is -0.881. The fourth-order valence-corrected chi connectivity index (χ4v) is 4.96. The average molecular weight is 557 g/mol. The minimum Gasteiger partial charge on any atom is -0.455 e. The second-order valence-electron chi connectivity index (χ2n) is 10.2. The molecule has 1 aliphatic carbocycles. The third-order valence-corrected chi connectivity index (χ3v) is 7.37. The van der Waals surface area contributed by atoms with Gasteiger partial charge >= 0.3 is 0 Å². The van der Waals surface area contributed by atoms with Gasteiger partial charge in [-0.15, -0.1) is 0 Å². The molecule has 0 unspecified atom stereocenters. The van der Waals surface area contributed by atoms with Gasteiger partial charge in [0.15, 0.2) is 11.6 Å². The highest BCUT2D eigenvalue weighted by atomic mass is 19.1. The molecule has 2 aromatic heterocycles. The number of nitrogens with zero attached hydrogens (tertiary/aromatic N) is 2. The predicted octanol–water partition coefficient (Wildman–Crippen LogP) is 5.72. The van der Waals surface area contributed by atoms with Gasteiger partial charge in [-0.2, -0.15) is 0 Å². The lowest BCUT2D eigenvalue weighted by Crippen LogP contribution is -2.36. The molecule has 5 aromatic rings.